The Labute approximate surface area is 150 Å². The van der Waals surface area contributed by atoms with Crippen molar-refractivity contribution >= 4 is 43.6 Å². The average molecular weight is 330 g/mol. The van der Waals surface area contributed by atoms with E-state index in [-0.39, 0.29) is 0 Å². The summed E-state index contributed by atoms with van der Waals surface area (Å²) in [6.45, 7) is 0. The second kappa shape index (κ2) is 4.91. The van der Waals surface area contributed by atoms with Gasteiger partial charge in [-0.1, -0.05) is 48.5 Å². The van der Waals surface area contributed by atoms with Crippen LogP contribution in [0.4, 0.5) is 0 Å². The van der Waals surface area contributed by atoms with Crippen LogP contribution in [0.1, 0.15) is 0 Å². The summed E-state index contributed by atoms with van der Waals surface area (Å²) in [6.07, 6.45) is 0. The predicted molar refractivity (Wildman–Crippen MR) is 108 cm³/mol. The van der Waals surface area contributed by atoms with Gasteiger partial charge < -0.3 is 9.55 Å². The van der Waals surface area contributed by atoms with Crippen molar-refractivity contribution in [1.82, 2.24) is 9.55 Å². The highest BCUT2D eigenvalue weighted by Gasteiger charge is 2.16. The topological polar surface area (TPSA) is 20.7 Å². The first-order valence-corrected chi connectivity index (χ1v) is 8.73. The van der Waals surface area contributed by atoms with Gasteiger partial charge in [-0.05, 0) is 42.5 Å². The molecule has 6 rings (SSSR count). The maximum absolute atomic E-state index is 3.55. The number of rotatable bonds is 1. The summed E-state index contributed by atoms with van der Waals surface area (Å²) in [4.78, 5) is 3.55. The fourth-order valence-electron chi connectivity index (χ4n) is 4.11. The van der Waals surface area contributed by atoms with E-state index in [1.807, 2.05) is 6.07 Å². The number of benzene rings is 3. The highest BCUT2D eigenvalue weighted by molar-refractivity contribution is 6.27. The zero-order valence-corrected chi connectivity index (χ0v) is 14.0. The van der Waals surface area contributed by atoms with Gasteiger partial charge in [0.05, 0.1) is 16.4 Å². The molecule has 0 atom stereocenters. The lowest BCUT2D eigenvalue weighted by Crippen LogP contribution is -1.92. The van der Waals surface area contributed by atoms with Crippen LogP contribution in [0.3, 0.4) is 0 Å². The molecule has 26 heavy (non-hydrogen) atoms. The van der Waals surface area contributed by atoms with Gasteiger partial charge in [-0.15, -0.1) is 0 Å². The van der Waals surface area contributed by atoms with Gasteiger partial charge in [0.1, 0.15) is 0 Å². The molecule has 0 saturated heterocycles. The van der Waals surface area contributed by atoms with Crippen molar-refractivity contribution in [2.24, 2.45) is 0 Å². The molecule has 2 aromatic heterocycles. The number of aromatic amines is 1. The first-order valence-electron chi connectivity index (χ1n) is 8.73. The van der Waals surface area contributed by atoms with Crippen molar-refractivity contribution < 1.29 is 0 Å². The van der Waals surface area contributed by atoms with E-state index in [1.165, 1.54) is 21.7 Å². The second-order valence-electron chi connectivity index (χ2n) is 6.59. The molecule has 6 aromatic rings. The van der Waals surface area contributed by atoms with Crippen molar-refractivity contribution in [1.29, 1.82) is 0 Å². The Morgan fingerprint density at radius 3 is 2.46 bits per heavy atom. The Hall–Kier alpha value is -3.70. The molecule has 0 bridgehead atoms. The van der Waals surface area contributed by atoms with Crippen LogP contribution in [-0.4, -0.2) is 9.55 Å². The summed E-state index contributed by atoms with van der Waals surface area (Å²) in [5, 5.41) is 4.85. The molecule has 4 aromatic carbocycles. The number of para-hydroxylation sites is 2. The summed E-state index contributed by atoms with van der Waals surface area (Å²) >= 11 is 0. The predicted octanol–water partition coefficient (Wildman–Crippen LogP) is 6.02. The lowest BCUT2D eigenvalue weighted by Gasteiger charge is -2.07. The van der Waals surface area contributed by atoms with Gasteiger partial charge in [0, 0.05) is 32.9 Å². The van der Waals surface area contributed by atoms with Gasteiger partial charge in [-0.3, -0.25) is 0 Å². The van der Waals surface area contributed by atoms with Gasteiger partial charge in [0.15, 0.2) is 0 Å². The zero-order chi connectivity index (χ0) is 17.1. The Balaban J connectivity index is 1.92. The first kappa shape index (κ1) is 13.6. The number of H-pyrrole nitrogens is 1. The maximum atomic E-state index is 3.55. The third-order valence-corrected chi connectivity index (χ3v) is 5.17. The largest absolute Gasteiger partial charge is 0.354 e. The van der Waals surface area contributed by atoms with Crippen molar-refractivity contribution in [3.8, 4) is 5.69 Å². The highest BCUT2D eigenvalue weighted by Crippen LogP contribution is 2.38. The molecule has 2 heteroatoms. The molecule has 2 heterocycles. The minimum absolute atomic E-state index is 1.11. The molecule has 0 aliphatic heterocycles. The zero-order valence-electron chi connectivity index (χ0n) is 14.0. The average Bonchev–Trinajstić information content (AvgIpc) is 3.24. The van der Waals surface area contributed by atoms with E-state index in [2.05, 4.69) is 94.5 Å². The molecule has 0 aliphatic carbocycles. The molecule has 0 spiro atoms. The van der Waals surface area contributed by atoms with Crippen LogP contribution in [0.25, 0.3) is 49.3 Å². The van der Waals surface area contributed by atoms with E-state index in [4.69, 9.17) is 0 Å². The molecule has 0 saturated carbocycles. The third kappa shape index (κ3) is 1.67. The summed E-state index contributed by atoms with van der Waals surface area (Å²) in [7, 11) is 0. The van der Waals surface area contributed by atoms with Crippen molar-refractivity contribution in [2.45, 2.75) is 0 Å². The van der Waals surface area contributed by atoms with Gasteiger partial charge in [-0.25, -0.2) is 0 Å². The van der Waals surface area contributed by atoms with E-state index in [1.54, 1.807) is 0 Å². The standard InChI is InChI=1S/C24H14N2/c1-2-8-16(9-3-1)26-21-13-7-5-11-18(21)24-22(26)15-14-20-23(24)17-10-4-6-12-19(17)25-20/h1-4,6-10,12-15,25H. The summed E-state index contributed by atoms with van der Waals surface area (Å²) in [5.74, 6) is 0. The quantitative estimate of drug-likeness (QED) is 0.381. The molecule has 0 unspecified atom stereocenters. The molecule has 0 aliphatic rings. The molecule has 0 amide bonds. The molecular formula is C24H14N2. The molecule has 2 nitrogen and oxygen atoms in total. The lowest BCUT2D eigenvalue weighted by atomic mass is 10.1. The molecule has 0 fully saturated rings. The Morgan fingerprint density at radius 1 is 0.692 bits per heavy atom. The second-order valence-corrected chi connectivity index (χ2v) is 6.59. The van der Waals surface area contributed by atoms with Gasteiger partial charge >= 0.3 is 0 Å². The van der Waals surface area contributed by atoms with Crippen LogP contribution < -0.4 is 0 Å². The van der Waals surface area contributed by atoms with E-state index < -0.39 is 0 Å². The smallest absolute Gasteiger partial charge is 0.0632 e. The van der Waals surface area contributed by atoms with Crippen molar-refractivity contribution in [3.05, 3.63) is 91.0 Å². The van der Waals surface area contributed by atoms with Crippen LogP contribution in [0.2, 0.25) is 0 Å². The van der Waals surface area contributed by atoms with Crippen LogP contribution in [0, 0.1) is 12.1 Å². The van der Waals surface area contributed by atoms with Crippen LogP contribution in [0.5, 0.6) is 0 Å². The van der Waals surface area contributed by atoms with E-state index in [9.17, 15) is 0 Å². The Bertz CT molecular complexity index is 1420. The maximum Gasteiger partial charge on any atom is 0.0632 e. The summed E-state index contributed by atoms with van der Waals surface area (Å²) in [5.41, 5.74) is 5.83. The normalized spacial score (nSPS) is 11.5. The fourth-order valence-corrected chi connectivity index (χ4v) is 4.11. The monoisotopic (exact) mass is 330 g/mol. The number of aromatic nitrogens is 2. The summed E-state index contributed by atoms with van der Waals surface area (Å²) < 4.78 is 2.32. The molecule has 120 valence electrons. The third-order valence-electron chi connectivity index (χ3n) is 5.17. The number of nitrogens with zero attached hydrogens (tertiary/aromatic N) is 1. The van der Waals surface area contributed by atoms with Gasteiger partial charge in [0.2, 0.25) is 0 Å². The summed E-state index contributed by atoms with van der Waals surface area (Å²) in [6, 6.07) is 34.0. The fraction of sp³-hybridized carbons (Fsp3) is 0. The minimum atomic E-state index is 1.11. The lowest BCUT2D eigenvalue weighted by molar-refractivity contribution is 1.18. The van der Waals surface area contributed by atoms with Gasteiger partial charge in [0.25, 0.3) is 0 Å². The van der Waals surface area contributed by atoms with Gasteiger partial charge in [-0.2, -0.15) is 0 Å². The molecule has 1 N–H and O–H groups in total. The number of fused-ring (bicyclic) bond motifs is 7. The molecule has 0 radical (unpaired) electrons. The van der Waals surface area contributed by atoms with E-state index in [0.717, 1.165) is 27.6 Å². The van der Waals surface area contributed by atoms with Crippen LogP contribution >= 0.6 is 0 Å². The number of nitrogens with one attached hydrogen (secondary N) is 1. The SMILES string of the molecule is c1ccc2c(c#1)c1c3c(ccc1n2-c1ccccc1)[nH]c1ccccc13. The van der Waals surface area contributed by atoms with Crippen LogP contribution in [0.15, 0.2) is 78.9 Å². The van der Waals surface area contributed by atoms with Crippen molar-refractivity contribution in [3.63, 3.8) is 0 Å². The van der Waals surface area contributed by atoms with Crippen LogP contribution in [-0.2, 0) is 0 Å². The number of hydrogen-bond donors (Lipinski definition) is 1. The number of hydrogen-bond acceptors (Lipinski definition) is 0. The van der Waals surface area contributed by atoms with E-state index in [0.29, 0.717) is 0 Å². The Kier molecular flexibility index (Phi) is 2.56. The first-order chi connectivity index (χ1) is 12.9. The van der Waals surface area contributed by atoms with Crippen molar-refractivity contribution in [2.75, 3.05) is 0 Å². The Morgan fingerprint density at radius 2 is 1.54 bits per heavy atom. The van der Waals surface area contributed by atoms with E-state index >= 15 is 0 Å². The molecular weight excluding hydrogens is 316 g/mol. The minimum Gasteiger partial charge on any atom is -0.354 e. The highest BCUT2D eigenvalue weighted by atomic mass is 15.0.